The molecule has 0 saturated carbocycles. The second-order valence-corrected chi connectivity index (χ2v) is 4.06. The highest BCUT2D eigenvalue weighted by molar-refractivity contribution is 7.07. The SMILES string of the molecule is CC(N)C(C)C(=O)NCc1cscn1. The molecule has 0 aliphatic carbocycles. The molecule has 14 heavy (non-hydrogen) atoms. The van der Waals surface area contributed by atoms with Crippen molar-refractivity contribution in [2.45, 2.75) is 26.4 Å². The predicted molar refractivity (Wildman–Crippen MR) is 56.8 cm³/mol. The van der Waals surface area contributed by atoms with E-state index in [0.29, 0.717) is 6.54 Å². The molecule has 0 saturated heterocycles. The molecule has 0 spiro atoms. The molecule has 1 rings (SSSR count). The van der Waals surface area contributed by atoms with Crippen molar-refractivity contribution in [1.29, 1.82) is 0 Å². The summed E-state index contributed by atoms with van der Waals surface area (Å²) in [5, 5.41) is 4.70. The molecule has 5 heteroatoms. The van der Waals surface area contributed by atoms with Crippen LogP contribution in [0.15, 0.2) is 10.9 Å². The maximum absolute atomic E-state index is 11.5. The van der Waals surface area contributed by atoms with E-state index in [2.05, 4.69) is 10.3 Å². The highest BCUT2D eigenvalue weighted by Gasteiger charge is 2.16. The average Bonchev–Trinajstić information content (AvgIpc) is 2.65. The summed E-state index contributed by atoms with van der Waals surface area (Å²) < 4.78 is 0. The van der Waals surface area contributed by atoms with Crippen LogP contribution in [-0.4, -0.2) is 16.9 Å². The van der Waals surface area contributed by atoms with E-state index in [4.69, 9.17) is 5.73 Å². The lowest BCUT2D eigenvalue weighted by Crippen LogP contribution is -2.38. The summed E-state index contributed by atoms with van der Waals surface area (Å²) in [6, 6.07) is -0.120. The molecule has 1 amide bonds. The average molecular weight is 213 g/mol. The topological polar surface area (TPSA) is 68.0 Å². The fraction of sp³-hybridized carbons (Fsp3) is 0.556. The van der Waals surface area contributed by atoms with E-state index < -0.39 is 0 Å². The Morgan fingerprint density at radius 2 is 2.43 bits per heavy atom. The number of carbonyl (C=O) groups excluding carboxylic acids is 1. The number of aromatic nitrogens is 1. The summed E-state index contributed by atoms with van der Waals surface area (Å²) in [4.78, 5) is 15.5. The third-order valence-electron chi connectivity index (χ3n) is 2.13. The van der Waals surface area contributed by atoms with Crippen molar-refractivity contribution in [1.82, 2.24) is 10.3 Å². The maximum Gasteiger partial charge on any atom is 0.224 e. The van der Waals surface area contributed by atoms with Gasteiger partial charge in [-0.25, -0.2) is 4.98 Å². The van der Waals surface area contributed by atoms with Crippen LogP contribution in [-0.2, 0) is 11.3 Å². The zero-order chi connectivity index (χ0) is 10.6. The van der Waals surface area contributed by atoms with Crippen molar-refractivity contribution in [3.63, 3.8) is 0 Å². The number of nitrogens with zero attached hydrogens (tertiary/aromatic N) is 1. The Balaban J connectivity index is 2.35. The molecule has 2 atom stereocenters. The third kappa shape index (κ3) is 3.08. The monoisotopic (exact) mass is 213 g/mol. The van der Waals surface area contributed by atoms with Crippen LogP contribution in [0.4, 0.5) is 0 Å². The van der Waals surface area contributed by atoms with Gasteiger partial charge in [0.05, 0.1) is 17.7 Å². The van der Waals surface area contributed by atoms with Gasteiger partial charge in [-0.05, 0) is 6.92 Å². The van der Waals surface area contributed by atoms with E-state index in [0.717, 1.165) is 5.69 Å². The molecule has 0 aromatic carbocycles. The van der Waals surface area contributed by atoms with Crippen molar-refractivity contribution < 1.29 is 4.79 Å². The quantitative estimate of drug-likeness (QED) is 0.775. The number of rotatable bonds is 4. The molecule has 0 fully saturated rings. The van der Waals surface area contributed by atoms with Crippen molar-refractivity contribution in [3.8, 4) is 0 Å². The van der Waals surface area contributed by atoms with Gasteiger partial charge >= 0.3 is 0 Å². The summed E-state index contributed by atoms with van der Waals surface area (Å²) in [6.45, 7) is 4.13. The fourth-order valence-electron chi connectivity index (χ4n) is 0.902. The second kappa shape index (κ2) is 5.07. The van der Waals surface area contributed by atoms with Gasteiger partial charge in [-0.15, -0.1) is 11.3 Å². The lowest BCUT2D eigenvalue weighted by molar-refractivity contribution is -0.125. The van der Waals surface area contributed by atoms with Crippen LogP contribution in [0.1, 0.15) is 19.5 Å². The van der Waals surface area contributed by atoms with E-state index in [1.54, 1.807) is 5.51 Å². The molecule has 0 radical (unpaired) electrons. The van der Waals surface area contributed by atoms with E-state index in [1.165, 1.54) is 11.3 Å². The lowest BCUT2D eigenvalue weighted by Gasteiger charge is -2.14. The molecule has 78 valence electrons. The van der Waals surface area contributed by atoms with Gasteiger partial charge in [-0.1, -0.05) is 6.92 Å². The Kier molecular flexibility index (Phi) is 4.03. The highest BCUT2D eigenvalue weighted by atomic mass is 32.1. The first kappa shape index (κ1) is 11.1. The van der Waals surface area contributed by atoms with Crippen LogP contribution in [0.3, 0.4) is 0 Å². The number of hydrogen-bond donors (Lipinski definition) is 2. The van der Waals surface area contributed by atoms with Crippen LogP contribution in [0.2, 0.25) is 0 Å². The van der Waals surface area contributed by atoms with Crippen LogP contribution in [0, 0.1) is 5.92 Å². The normalized spacial score (nSPS) is 14.8. The van der Waals surface area contributed by atoms with Gasteiger partial charge in [-0.3, -0.25) is 4.79 Å². The molecule has 0 aliphatic rings. The molecule has 4 nitrogen and oxygen atoms in total. The highest BCUT2D eigenvalue weighted by Crippen LogP contribution is 2.02. The van der Waals surface area contributed by atoms with Crippen molar-refractivity contribution >= 4 is 17.2 Å². The van der Waals surface area contributed by atoms with Gasteiger partial charge in [-0.2, -0.15) is 0 Å². The van der Waals surface area contributed by atoms with Gasteiger partial charge in [0, 0.05) is 17.3 Å². The van der Waals surface area contributed by atoms with Crippen molar-refractivity contribution in [3.05, 3.63) is 16.6 Å². The summed E-state index contributed by atoms with van der Waals surface area (Å²) in [7, 11) is 0. The minimum atomic E-state index is -0.159. The van der Waals surface area contributed by atoms with E-state index in [1.807, 2.05) is 19.2 Å². The first-order valence-corrected chi connectivity index (χ1v) is 5.46. The Morgan fingerprint density at radius 1 is 1.71 bits per heavy atom. The number of hydrogen-bond acceptors (Lipinski definition) is 4. The maximum atomic E-state index is 11.5. The summed E-state index contributed by atoms with van der Waals surface area (Å²) in [5.41, 5.74) is 8.25. The zero-order valence-corrected chi connectivity index (χ0v) is 9.17. The minimum absolute atomic E-state index is 0.0204. The second-order valence-electron chi connectivity index (χ2n) is 3.35. The Hall–Kier alpha value is -0.940. The smallest absolute Gasteiger partial charge is 0.224 e. The van der Waals surface area contributed by atoms with Gasteiger partial charge in [0.1, 0.15) is 0 Å². The van der Waals surface area contributed by atoms with E-state index in [-0.39, 0.29) is 17.9 Å². The Bertz CT molecular complexity index is 284. The lowest BCUT2D eigenvalue weighted by atomic mass is 10.0. The summed E-state index contributed by atoms with van der Waals surface area (Å²) in [5.74, 6) is -0.179. The number of thiazole rings is 1. The molecule has 2 unspecified atom stereocenters. The van der Waals surface area contributed by atoms with Crippen LogP contribution in [0.25, 0.3) is 0 Å². The number of nitrogens with two attached hydrogens (primary N) is 1. The first-order valence-electron chi connectivity index (χ1n) is 4.51. The third-order valence-corrected chi connectivity index (χ3v) is 2.76. The molecule has 1 aromatic heterocycles. The minimum Gasteiger partial charge on any atom is -0.350 e. The predicted octanol–water partition coefficient (Wildman–Crippen LogP) is 0.743. The van der Waals surface area contributed by atoms with Gasteiger partial charge in [0.2, 0.25) is 5.91 Å². The summed E-state index contributed by atoms with van der Waals surface area (Å²) >= 11 is 1.52. The Morgan fingerprint density at radius 3 is 2.93 bits per heavy atom. The van der Waals surface area contributed by atoms with Crippen LogP contribution >= 0.6 is 11.3 Å². The number of amides is 1. The van der Waals surface area contributed by atoms with Crippen molar-refractivity contribution in [2.75, 3.05) is 0 Å². The van der Waals surface area contributed by atoms with Crippen LogP contribution in [0.5, 0.6) is 0 Å². The largest absolute Gasteiger partial charge is 0.350 e. The number of carbonyl (C=O) groups is 1. The summed E-state index contributed by atoms with van der Waals surface area (Å²) in [6.07, 6.45) is 0. The molecule has 1 aromatic rings. The zero-order valence-electron chi connectivity index (χ0n) is 8.36. The molecule has 0 aliphatic heterocycles. The first-order chi connectivity index (χ1) is 6.61. The number of nitrogens with one attached hydrogen (secondary N) is 1. The van der Waals surface area contributed by atoms with Crippen molar-refractivity contribution in [2.24, 2.45) is 11.7 Å². The molecule has 3 N–H and O–H groups in total. The standard InChI is InChI=1S/C9H15N3OS/c1-6(7(2)10)9(13)11-3-8-4-14-5-12-8/h4-7H,3,10H2,1-2H3,(H,11,13). The molecule has 0 bridgehead atoms. The Labute approximate surface area is 87.5 Å². The van der Waals surface area contributed by atoms with E-state index in [9.17, 15) is 4.79 Å². The van der Waals surface area contributed by atoms with E-state index >= 15 is 0 Å². The van der Waals surface area contributed by atoms with Gasteiger partial charge in [0.25, 0.3) is 0 Å². The molecular formula is C9H15N3OS. The van der Waals surface area contributed by atoms with Gasteiger partial charge in [0.15, 0.2) is 0 Å². The van der Waals surface area contributed by atoms with Gasteiger partial charge < -0.3 is 11.1 Å². The fourth-order valence-corrected chi connectivity index (χ4v) is 1.46. The molecular weight excluding hydrogens is 198 g/mol. The molecule has 1 heterocycles. The van der Waals surface area contributed by atoms with Crippen LogP contribution < -0.4 is 11.1 Å².